The third-order valence-corrected chi connectivity index (χ3v) is 6.45. The van der Waals surface area contributed by atoms with Gasteiger partial charge in [-0.1, -0.05) is 24.3 Å². The number of aromatic nitrogens is 2. The van der Waals surface area contributed by atoms with Gasteiger partial charge in [0.15, 0.2) is 5.11 Å². The Balaban J connectivity index is 1.40. The van der Waals surface area contributed by atoms with Crippen molar-refractivity contribution < 1.29 is 8.42 Å². The van der Waals surface area contributed by atoms with Gasteiger partial charge in [0.25, 0.3) is 10.0 Å². The minimum atomic E-state index is -3.77. The highest BCUT2D eigenvalue weighted by atomic mass is 32.2. The van der Waals surface area contributed by atoms with Crippen LogP contribution in [0.4, 0.5) is 11.6 Å². The molecular formula is C21H21N5O2S2. The van der Waals surface area contributed by atoms with E-state index < -0.39 is 10.0 Å². The first-order valence-corrected chi connectivity index (χ1v) is 11.5. The Morgan fingerprint density at radius 2 is 1.73 bits per heavy atom. The zero-order chi connectivity index (χ0) is 21.0. The summed E-state index contributed by atoms with van der Waals surface area (Å²) in [6.07, 6.45) is 6.16. The number of nitrogens with one attached hydrogen (secondary N) is 3. The van der Waals surface area contributed by atoms with Crippen molar-refractivity contribution in [2.45, 2.75) is 30.2 Å². The van der Waals surface area contributed by atoms with E-state index in [2.05, 4.69) is 43.5 Å². The number of anilines is 2. The first kappa shape index (κ1) is 20.2. The summed E-state index contributed by atoms with van der Waals surface area (Å²) in [5.41, 5.74) is 3.34. The van der Waals surface area contributed by atoms with Gasteiger partial charge in [-0.05, 0) is 72.9 Å². The molecular weight excluding hydrogens is 418 g/mol. The van der Waals surface area contributed by atoms with Crippen LogP contribution in [0.15, 0.2) is 71.9 Å². The van der Waals surface area contributed by atoms with E-state index in [9.17, 15) is 8.42 Å². The van der Waals surface area contributed by atoms with E-state index in [-0.39, 0.29) is 16.9 Å². The lowest BCUT2D eigenvalue weighted by Gasteiger charge is -2.27. The predicted molar refractivity (Wildman–Crippen MR) is 121 cm³/mol. The number of nitrogens with zero attached hydrogens (tertiary/aromatic N) is 2. The molecule has 0 spiro atoms. The largest absolute Gasteiger partial charge is 0.356 e. The third-order valence-electron chi connectivity index (χ3n) is 4.89. The highest BCUT2D eigenvalue weighted by Crippen LogP contribution is 2.29. The lowest BCUT2D eigenvalue weighted by Crippen LogP contribution is -2.34. The van der Waals surface area contributed by atoms with E-state index in [1.165, 1.54) is 35.7 Å². The SMILES string of the molecule is O=S(=O)(Nc1ncccn1)c1ccc(NC(=S)N[C@H]2CCCc3ccccc32)cc1. The van der Waals surface area contributed by atoms with Gasteiger partial charge in [-0.15, -0.1) is 0 Å². The molecule has 1 atom stereocenters. The van der Waals surface area contributed by atoms with Crippen LogP contribution in [0.1, 0.15) is 30.0 Å². The van der Waals surface area contributed by atoms with Gasteiger partial charge in [0.2, 0.25) is 5.95 Å². The van der Waals surface area contributed by atoms with Gasteiger partial charge in [0, 0.05) is 18.1 Å². The third kappa shape index (κ3) is 4.74. The van der Waals surface area contributed by atoms with Gasteiger partial charge in [-0.25, -0.2) is 23.1 Å². The number of thiocarbonyl (C=S) groups is 1. The second-order valence-corrected chi connectivity index (χ2v) is 9.04. The summed E-state index contributed by atoms with van der Waals surface area (Å²) in [4.78, 5) is 7.87. The molecule has 2 aromatic carbocycles. The topological polar surface area (TPSA) is 96.0 Å². The Labute approximate surface area is 181 Å². The Bertz CT molecular complexity index is 1140. The molecule has 0 unspecified atom stereocenters. The maximum absolute atomic E-state index is 12.5. The number of fused-ring (bicyclic) bond motifs is 1. The Morgan fingerprint density at radius 1 is 1.00 bits per heavy atom. The lowest BCUT2D eigenvalue weighted by molar-refractivity contribution is 0.529. The van der Waals surface area contributed by atoms with Crippen molar-refractivity contribution in [2.75, 3.05) is 10.0 Å². The van der Waals surface area contributed by atoms with Crippen molar-refractivity contribution in [3.63, 3.8) is 0 Å². The average Bonchev–Trinajstić information content (AvgIpc) is 2.75. The summed E-state index contributed by atoms with van der Waals surface area (Å²) >= 11 is 5.47. The molecule has 3 aromatic rings. The van der Waals surface area contributed by atoms with Crippen LogP contribution in [0.25, 0.3) is 0 Å². The van der Waals surface area contributed by atoms with Crippen LogP contribution in [0, 0.1) is 0 Å². The molecule has 1 heterocycles. The van der Waals surface area contributed by atoms with Crippen LogP contribution in [0.3, 0.4) is 0 Å². The molecule has 0 amide bonds. The minimum absolute atomic E-state index is 0.0258. The molecule has 154 valence electrons. The van der Waals surface area contributed by atoms with Gasteiger partial charge in [0.05, 0.1) is 10.9 Å². The molecule has 1 aliphatic rings. The molecule has 30 heavy (non-hydrogen) atoms. The van der Waals surface area contributed by atoms with Gasteiger partial charge in [0.1, 0.15) is 0 Å². The van der Waals surface area contributed by atoms with Crippen LogP contribution in [-0.2, 0) is 16.4 Å². The number of hydrogen-bond donors (Lipinski definition) is 3. The maximum atomic E-state index is 12.5. The zero-order valence-corrected chi connectivity index (χ0v) is 17.7. The highest BCUT2D eigenvalue weighted by Gasteiger charge is 2.20. The predicted octanol–water partition coefficient (Wildman–Crippen LogP) is 3.64. The van der Waals surface area contributed by atoms with Crippen molar-refractivity contribution in [1.29, 1.82) is 0 Å². The Kier molecular flexibility index (Phi) is 5.91. The first-order chi connectivity index (χ1) is 14.5. The van der Waals surface area contributed by atoms with Gasteiger partial charge >= 0.3 is 0 Å². The molecule has 0 saturated heterocycles. The summed E-state index contributed by atoms with van der Waals surface area (Å²) in [7, 11) is -3.77. The molecule has 4 rings (SSSR count). The molecule has 3 N–H and O–H groups in total. The standard InChI is InChI=1S/C21H21N5O2S2/c27-30(28,26-20-22-13-4-14-23-20)17-11-9-16(10-12-17)24-21(29)25-19-8-3-6-15-5-1-2-7-18(15)19/h1-2,4-5,7,9-14,19H,3,6,8H2,(H,22,23,26)(H2,24,25,29)/t19-/m0/s1. The monoisotopic (exact) mass is 439 g/mol. The van der Waals surface area contributed by atoms with E-state index >= 15 is 0 Å². The minimum Gasteiger partial charge on any atom is -0.356 e. The molecule has 0 bridgehead atoms. The molecule has 1 aliphatic carbocycles. The van der Waals surface area contributed by atoms with E-state index in [1.54, 1.807) is 18.2 Å². The van der Waals surface area contributed by atoms with Crippen molar-refractivity contribution in [3.8, 4) is 0 Å². The maximum Gasteiger partial charge on any atom is 0.264 e. The molecule has 1 aromatic heterocycles. The van der Waals surface area contributed by atoms with E-state index in [1.807, 2.05) is 6.07 Å². The number of aryl methyl sites for hydroxylation is 1. The molecule has 0 fully saturated rings. The molecule has 0 saturated carbocycles. The van der Waals surface area contributed by atoms with Gasteiger partial charge in [-0.3, -0.25) is 0 Å². The number of benzene rings is 2. The second kappa shape index (κ2) is 8.76. The van der Waals surface area contributed by atoms with Crippen molar-refractivity contribution in [3.05, 3.63) is 78.1 Å². The first-order valence-electron chi connectivity index (χ1n) is 9.56. The van der Waals surface area contributed by atoms with Crippen LogP contribution in [-0.4, -0.2) is 23.5 Å². The highest BCUT2D eigenvalue weighted by molar-refractivity contribution is 7.92. The summed E-state index contributed by atoms with van der Waals surface area (Å²) < 4.78 is 27.3. The Hall–Kier alpha value is -3.04. The Morgan fingerprint density at radius 3 is 2.50 bits per heavy atom. The van der Waals surface area contributed by atoms with Crippen LogP contribution in [0.2, 0.25) is 0 Å². The van der Waals surface area contributed by atoms with Gasteiger partial charge in [-0.2, -0.15) is 0 Å². The van der Waals surface area contributed by atoms with Crippen molar-refractivity contribution in [1.82, 2.24) is 15.3 Å². The van der Waals surface area contributed by atoms with E-state index in [0.717, 1.165) is 19.3 Å². The van der Waals surface area contributed by atoms with E-state index in [4.69, 9.17) is 12.2 Å². The summed E-state index contributed by atoms with van der Waals surface area (Å²) in [5.74, 6) is 0.0258. The fourth-order valence-electron chi connectivity index (χ4n) is 3.48. The smallest absolute Gasteiger partial charge is 0.264 e. The average molecular weight is 440 g/mol. The summed E-state index contributed by atoms with van der Waals surface area (Å²) in [5, 5.41) is 7.01. The quantitative estimate of drug-likeness (QED) is 0.522. The number of hydrogen-bond acceptors (Lipinski definition) is 5. The van der Waals surface area contributed by atoms with Crippen LogP contribution < -0.4 is 15.4 Å². The fourth-order valence-corrected chi connectivity index (χ4v) is 4.70. The van der Waals surface area contributed by atoms with Crippen LogP contribution >= 0.6 is 12.2 Å². The zero-order valence-electron chi connectivity index (χ0n) is 16.1. The summed E-state index contributed by atoms with van der Waals surface area (Å²) in [6, 6.07) is 16.5. The van der Waals surface area contributed by atoms with Crippen LogP contribution in [0.5, 0.6) is 0 Å². The van der Waals surface area contributed by atoms with Crippen molar-refractivity contribution >= 4 is 39.0 Å². The number of sulfonamides is 1. The molecule has 9 heteroatoms. The molecule has 0 aliphatic heterocycles. The van der Waals surface area contributed by atoms with E-state index in [0.29, 0.717) is 10.8 Å². The summed E-state index contributed by atoms with van der Waals surface area (Å²) in [6.45, 7) is 0. The fraction of sp³-hybridized carbons (Fsp3) is 0.190. The van der Waals surface area contributed by atoms with Crippen molar-refractivity contribution in [2.24, 2.45) is 0 Å². The number of rotatable bonds is 5. The van der Waals surface area contributed by atoms with Gasteiger partial charge < -0.3 is 10.6 Å². The second-order valence-electron chi connectivity index (χ2n) is 6.94. The lowest BCUT2D eigenvalue weighted by atomic mass is 9.88. The molecule has 0 radical (unpaired) electrons. The normalized spacial score (nSPS) is 15.7. The molecule has 7 nitrogen and oxygen atoms in total.